The molecule has 0 aliphatic rings. The largest absolute Gasteiger partial charge is 0.384 e. The van der Waals surface area contributed by atoms with Crippen molar-refractivity contribution >= 4 is 5.91 Å². The topological polar surface area (TPSA) is 43.8 Å². The van der Waals surface area contributed by atoms with E-state index >= 15 is 0 Å². The van der Waals surface area contributed by atoms with Gasteiger partial charge in [0.05, 0.1) is 5.56 Å². The molecular formula is C15H19FN2O2. The van der Waals surface area contributed by atoms with Crippen LogP contribution in [0.5, 0.6) is 0 Å². The molecule has 1 aromatic rings. The zero-order valence-corrected chi connectivity index (χ0v) is 12.0. The molecule has 1 aromatic carbocycles. The fraction of sp³-hybridized carbons (Fsp3) is 0.400. The number of amides is 1. The van der Waals surface area contributed by atoms with E-state index in [2.05, 4.69) is 11.8 Å². The predicted molar refractivity (Wildman–Crippen MR) is 75.9 cm³/mol. The van der Waals surface area contributed by atoms with Gasteiger partial charge in [-0.05, 0) is 32.3 Å². The summed E-state index contributed by atoms with van der Waals surface area (Å²) >= 11 is 0. The van der Waals surface area contributed by atoms with E-state index in [1.165, 1.54) is 23.1 Å². The van der Waals surface area contributed by atoms with Crippen LogP contribution in [0.25, 0.3) is 0 Å². The van der Waals surface area contributed by atoms with Crippen LogP contribution in [0.4, 0.5) is 4.39 Å². The number of hydrogen-bond acceptors (Lipinski definition) is 3. The van der Waals surface area contributed by atoms with Gasteiger partial charge in [-0.2, -0.15) is 0 Å². The number of benzene rings is 1. The van der Waals surface area contributed by atoms with E-state index in [0.717, 1.165) is 6.54 Å². The van der Waals surface area contributed by atoms with Gasteiger partial charge in [0.1, 0.15) is 12.4 Å². The molecule has 1 rings (SSSR count). The summed E-state index contributed by atoms with van der Waals surface area (Å²) in [4.78, 5) is 15.8. The fourth-order valence-corrected chi connectivity index (χ4v) is 1.59. The summed E-state index contributed by atoms with van der Waals surface area (Å²) in [6, 6.07) is 3.87. The summed E-state index contributed by atoms with van der Waals surface area (Å²) in [5.41, 5.74) is 0.634. The maximum atomic E-state index is 13.3. The van der Waals surface area contributed by atoms with Crippen molar-refractivity contribution in [3.8, 4) is 11.8 Å². The van der Waals surface area contributed by atoms with Crippen LogP contribution < -0.4 is 0 Å². The second kappa shape index (κ2) is 7.63. The summed E-state index contributed by atoms with van der Waals surface area (Å²) in [5, 5.41) is 8.72. The summed E-state index contributed by atoms with van der Waals surface area (Å²) < 4.78 is 13.3. The first kappa shape index (κ1) is 16.2. The van der Waals surface area contributed by atoms with Gasteiger partial charge in [0, 0.05) is 25.7 Å². The van der Waals surface area contributed by atoms with E-state index in [1.807, 2.05) is 19.0 Å². The van der Waals surface area contributed by atoms with Gasteiger partial charge in [-0.25, -0.2) is 4.39 Å². The molecule has 0 spiro atoms. The number of aliphatic hydroxyl groups excluding tert-OH is 1. The quantitative estimate of drug-likeness (QED) is 0.829. The lowest BCUT2D eigenvalue weighted by molar-refractivity contribution is 0.0785. The molecule has 5 heteroatoms. The molecule has 1 N–H and O–H groups in total. The Morgan fingerprint density at radius 3 is 2.60 bits per heavy atom. The van der Waals surface area contributed by atoms with Gasteiger partial charge in [-0.3, -0.25) is 4.79 Å². The van der Waals surface area contributed by atoms with Crippen LogP contribution >= 0.6 is 0 Å². The molecule has 20 heavy (non-hydrogen) atoms. The Kier molecular flexibility index (Phi) is 6.16. The van der Waals surface area contributed by atoms with Crippen molar-refractivity contribution in [3.63, 3.8) is 0 Å². The van der Waals surface area contributed by atoms with Crippen molar-refractivity contribution in [2.75, 3.05) is 40.8 Å². The minimum atomic E-state index is -0.482. The molecule has 0 aromatic heterocycles. The Morgan fingerprint density at radius 2 is 2.00 bits per heavy atom. The summed E-state index contributed by atoms with van der Waals surface area (Å²) in [6.45, 7) is 0.950. The van der Waals surface area contributed by atoms with E-state index < -0.39 is 5.82 Å². The molecule has 0 radical (unpaired) electrons. The molecule has 0 saturated heterocycles. The van der Waals surface area contributed by atoms with Crippen LogP contribution in [-0.4, -0.2) is 61.7 Å². The normalized spacial score (nSPS) is 10.1. The molecule has 0 atom stereocenters. The third-order valence-electron chi connectivity index (χ3n) is 2.74. The smallest absolute Gasteiger partial charge is 0.255 e. The monoisotopic (exact) mass is 278 g/mol. The lowest BCUT2D eigenvalue weighted by Gasteiger charge is -2.20. The Morgan fingerprint density at radius 1 is 1.30 bits per heavy atom. The lowest BCUT2D eigenvalue weighted by Crippen LogP contribution is -2.33. The number of nitrogens with zero attached hydrogens (tertiary/aromatic N) is 2. The molecule has 0 unspecified atom stereocenters. The van der Waals surface area contributed by atoms with Crippen LogP contribution in [0.15, 0.2) is 18.2 Å². The van der Waals surface area contributed by atoms with Crippen molar-refractivity contribution in [2.45, 2.75) is 0 Å². The molecule has 0 heterocycles. The zero-order valence-electron chi connectivity index (χ0n) is 12.0. The average molecular weight is 278 g/mol. The highest BCUT2D eigenvalue weighted by Crippen LogP contribution is 2.12. The van der Waals surface area contributed by atoms with Crippen molar-refractivity contribution in [3.05, 3.63) is 35.1 Å². The van der Waals surface area contributed by atoms with Gasteiger partial charge in [0.15, 0.2) is 0 Å². The van der Waals surface area contributed by atoms with Gasteiger partial charge in [-0.15, -0.1) is 0 Å². The SMILES string of the molecule is CN(C)CCN(C)C(=O)c1cc(F)ccc1C#CCO. The van der Waals surface area contributed by atoms with Gasteiger partial charge < -0.3 is 14.9 Å². The highest BCUT2D eigenvalue weighted by atomic mass is 19.1. The molecule has 0 bridgehead atoms. The van der Waals surface area contributed by atoms with Crippen LogP contribution in [-0.2, 0) is 0 Å². The van der Waals surface area contributed by atoms with Gasteiger partial charge in [0.2, 0.25) is 0 Å². The first-order valence-electron chi connectivity index (χ1n) is 6.25. The first-order chi connectivity index (χ1) is 9.45. The summed E-state index contributed by atoms with van der Waals surface area (Å²) in [7, 11) is 5.50. The van der Waals surface area contributed by atoms with Crippen LogP contribution in [0.3, 0.4) is 0 Å². The second-order valence-corrected chi connectivity index (χ2v) is 4.68. The Bertz CT molecular complexity index is 532. The van der Waals surface area contributed by atoms with E-state index in [9.17, 15) is 9.18 Å². The van der Waals surface area contributed by atoms with E-state index in [0.29, 0.717) is 12.1 Å². The van der Waals surface area contributed by atoms with Gasteiger partial charge >= 0.3 is 0 Å². The zero-order chi connectivity index (χ0) is 15.1. The number of rotatable bonds is 4. The Balaban J connectivity index is 2.98. The standard InChI is InChI=1S/C15H19FN2O2/c1-17(2)8-9-18(3)15(20)14-11-13(16)7-6-12(14)5-4-10-19/h6-7,11,19H,8-10H2,1-3H3. The molecule has 0 saturated carbocycles. The number of halogens is 1. The highest BCUT2D eigenvalue weighted by molar-refractivity contribution is 5.96. The number of carbonyl (C=O) groups excluding carboxylic acids is 1. The minimum absolute atomic E-state index is 0.215. The van der Waals surface area contributed by atoms with Gasteiger partial charge in [-0.1, -0.05) is 11.8 Å². The Hall–Kier alpha value is -1.90. The minimum Gasteiger partial charge on any atom is -0.384 e. The predicted octanol–water partition coefficient (Wildman–Crippen LogP) is 0.803. The van der Waals surface area contributed by atoms with E-state index in [4.69, 9.17) is 5.11 Å². The second-order valence-electron chi connectivity index (χ2n) is 4.68. The fourth-order valence-electron chi connectivity index (χ4n) is 1.59. The van der Waals surface area contributed by atoms with E-state index in [1.54, 1.807) is 7.05 Å². The number of aliphatic hydroxyl groups is 1. The highest BCUT2D eigenvalue weighted by Gasteiger charge is 2.16. The molecule has 0 aliphatic carbocycles. The van der Waals surface area contributed by atoms with Crippen molar-refractivity contribution in [1.29, 1.82) is 0 Å². The maximum Gasteiger partial charge on any atom is 0.255 e. The molecule has 0 aliphatic heterocycles. The number of hydrogen-bond donors (Lipinski definition) is 1. The lowest BCUT2D eigenvalue weighted by atomic mass is 10.1. The van der Waals surface area contributed by atoms with Crippen LogP contribution in [0.1, 0.15) is 15.9 Å². The molecule has 108 valence electrons. The summed E-state index contributed by atoms with van der Waals surface area (Å²) in [5.74, 6) is 4.37. The molecule has 4 nitrogen and oxygen atoms in total. The van der Waals surface area contributed by atoms with Crippen molar-refractivity contribution in [1.82, 2.24) is 9.80 Å². The first-order valence-corrected chi connectivity index (χ1v) is 6.25. The molecule has 1 amide bonds. The van der Waals surface area contributed by atoms with Crippen molar-refractivity contribution in [2.24, 2.45) is 0 Å². The average Bonchev–Trinajstić information content (AvgIpc) is 2.42. The summed E-state index contributed by atoms with van der Waals surface area (Å²) in [6.07, 6.45) is 0. The maximum absolute atomic E-state index is 13.3. The molecule has 0 fully saturated rings. The number of carbonyl (C=O) groups is 1. The van der Waals surface area contributed by atoms with Crippen LogP contribution in [0.2, 0.25) is 0 Å². The van der Waals surface area contributed by atoms with Crippen LogP contribution in [0, 0.1) is 17.7 Å². The van der Waals surface area contributed by atoms with Crippen molar-refractivity contribution < 1.29 is 14.3 Å². The number of likely N-dealkylation sites (N-methyl/N-ethyl adjacent to an activating group) is 2. The third kappa shape index (κ3) is 4.65. The third-order valence-corrected chi connectivity index (χ3v) is 2.74. The van der Waals surface area contributed by atoms with Gasteiger partial charge in [0.25, 0.3) is 5.91 Å². The van der Waals surface area contributed by atoms with E-state index in [-0.39, 0.29) is 18.1 Å². The molecular weight excluding hydrogens is 259 g/mol. The Labute approximate surface area is 118 Å².